The second-order valence-corrected chi connectivity index (χ2v) is 13.4. The molecule has 0 aromatic carbocycles. The number of unbranched alkanes of at least 4 members (excludes halogenated alkanes) is 18. The summed E-state index contributed by atoms with van der Waals surface area (Å²) in [6.45, 7) is 3.78. The van der Waals surface area contributed by atoms with Crippen LogP contribution in [0.25, 0.3) is 0 Å². The molecular formula is C24H50O10S3. The average Bonchev–Trinajstić information content (AvgIpc) is 2.79. The van der Waals surface area contributed by atoms with Crippen molar-refractivity contribution in [3.63, 3.8) is 0 Å². The van der Waals surface area contributed by atoms with E-state index in [1.807, 2.05) is 0 Å². The third kappa shape index (κ3) is 25.7. The van der Waals surface area contributed by atoms with E-state index in [4.69, 9.17) is 0 Å². The molecule has 0 spiro atoms. The highest BCUT2D eigenvalue weighted by Crippen LogP contribution is 2.14. The van der Waals surface area contributed by atoms with Gasteiger partial charge < -0.3 is 0 Å². The van der Waals surface area contributed by atoms with Crippen LogP contribution in [0.15, 0.2) is 0 Å². The molecule has 0 aromatic rings. The fraction of sp³-hybridized carbons (Fsp3) is 1.00. The summed E-state index contributed by atoms with van der Waals surface area (Å²) in [7, 11) is -15.5. The standard InChI is InChI=1S/C24H50O10S3/c1-3-5-7-9-11-13-15-17-19-21-23-31-35(25,26)33-37(29,30)34-36(27,28)32-24-22-20-18-16-14-12-10-8-6-4-2/h3-24H2,1-2H3. The molecular weight excluding hydrogens is 544 g/mol. The SMILES string of the molecule is CCCCCCCCCCCCOS(=O)(=O)OS(=O)(=O)OS(=O)(=O)OCCCCCCCCCCCC. The fourth-order valence-electron chi connectivity index (χ4n) is 3.76. The summed E-state index contributed by atoms with van der Waals surface area (Å²) in [4.78, 5) is 0. The molecule has 10 nitrogen and oxygen atoms in total. The molecule has 0 atom stereocenters. The van der Waals surface area contributed by atoms with Crippen LogP contribution in [0.2, 0.25) is 0 Å². The van der Waals surface area contributed by atoms with Crippen LogP contribution in [0.1, 0.15) is 142 Å². The van der Waals surface area contributed by atoms with Gasteiger partial charge in [0.1, 0.15) is 0 Å². The lowest BCUT2D eigenvalue weighted by atomic mass is 10.1. The van der Waals surface area contributed by atoms with Crippen molar-refractivity contribution in [2.45, 2.75) is 142 Å². The van der Waals surface area contributed by atoms with Crippen LogP contribution in [0.5, 0.6) is 0 Å². The van der Waals surface area contributed by atoms with Crippen molar-refractivity contribution in [1.29, 1.82) is 0 Å². The second kappa shape index (κ2) is 22.5. The van der Waals surface area contributed by atoms with Crippen LogP contribution in [0.4, 0.5) is 0 Å². The summed E-state index contributed by atoms with van der Waals surface area (Å²) in [6, 6.07) is 0. The van der Waals surface area contributed by atoms with Gasteiger partial charge in [-0.15, -0.1) is 0 Å². The average molecular weight is 595 g/mol. The summed E-state index contributed by atoms with van der Waals surface area (Å²) in [5.74, 6) is 0. The molecule has 37 heavy (non-hydrogen) atoms. The Morgan fingerprint density at radius 1 is 0.351 bits per heavy atom. The van der Waals surface area contributed by atoms with Gasteiger partial charge in [-0.25, -0.2) is 8.37 Å². The molecule has 0 saturated carbocycles. The van der Waals surface area contributed by atoms with E-state index < -0.39 is 31.2 Å². The topological polar surface area (TPSA) is 139 Å². The van der Waals surface area contributed by atoms with Gasteiger partial charge in [0.05, 0.1) is 13.2 Å². The van der Waals surface area contributed by atoms with Crippen LogP contribution >= 0.6 is 0 Å². The molecule has 0 heterocycles. The maximum absolute atomic E-state index is 11.7. The third-order valence-electron chi connectivity index (χ3n) is 5.78. The fourth-order valence-corrected chi connectivity index (χ4v) is 6.64. The summed E-state index contributed by atoms with van der Waals surface area (Å²) < 4.78 is 86.8. The van der Waals surface area contributed by atoms with Gasteiger partial charge in [-0.2, -0.15) is 25.3 Å². The molecule has 0 N–H and O–H groups in total. The summed E-state index contributed by atoms with van der Waals surface area (Å²) in [6.07, 6.45) is 20.6. The highest BCUT2D eigenvalue weighted by Gasteiger charge is 2.31. The quantitative estimate of drug-likeness (QED) is 0.0907. The highest BCUT2D eigenvalue weighted by molar-refractivity contribution is 8.00. The van der Waals surface area contributed by atoms with Crippen molar-refractivity contribution in [2.75, 3.05) is 13.2 Å². The maximum atomic E-state index is 11.7. The van der Waals surface area contributed by atoms with Crippen LogP contribution in [0.3, 0.4) is 0 Å². The van der Waals surface area contributed by atoms with Gasteiger partial charge >= 0.3 is 31.2 Å². The normalized spacial score (nSPS) is 12.8. The van der Waals surface area contributed by atoms with E-state index in [0.29, 0.717) is 12.8 Å². The molecule has 0 rings (SSSR count). The molecule has 0 saturated heterocycles. The summed E-state index contributed by atoms with van der Waals surface area (Å²) in [5.41, 5.74) is 0. The van der Waals surface area contributed by atoms with E-state index >= 15 is 0 Å². The van der Waals surface area contributed by atoms with Crippen molar-refractivity contribution < 1.29 is 40.9 Å². The highest BCUT2D eigenvalue weighted by atomic mass is 32.3. The molecule has 0 bridgehead atoms. The van der Waals surface area contributed by atoms with Gasteiger partial charge in [-0.1, -0.05) is 137 Å². The smallest absolute Gasteiger partial charge is 0.247 e. The molecule has 0 aliphatic carbocycles. The summed E-state index contributed by atoms with van der Waals surface area (Å²) >= 11 is 0. The van der Waals surface area contributed by atoms with E-state index in [0.717, 1.165) is 51.4 Å². The predicted molar refractivity (Wildman–Crippen MR) is 145 cm³/mol. The first-order valence-corrected chi connectivity index (χ1v) is 18.0. The van der Waals surface area contributed by atoms with Crippen LogP contribution in [0, 0.1) is 0 Å². The Morgan fingerprint density at radius 2 is 0.595 bits per heavy atom. The zero-order chi connectivity index (χ0) is 27.9. The second-order valence-electron chi connectivity index (χ2n) is 9.37. The maximum Gasteiger partial charge on any atom is 0.432 e. The van der Waals surface area contributed by atoms with Crippen molar-refractivity contribution in [2.24, 2.45) is 0 Å². The third-order valence-corrected chi connectivity index (χ3v) is 9.36. The van der Waals surface area contributed by atoms with E-state index in [-0.39, 0.29) is 13.2 Å². The van der Waals surface area contributed by atoms with Gasteiger partial charge in [0.25, 0.3) is 0 Å². The molecule has 0 unspecified atom stereocenters. The van der Waals surface area contributed by atoms with Crippen LogP contribution in [-0.2, 0) is 46.8 Å². The van der Waals surface area contributed by atoms with Gasteiger partial charge in [-0.3, -0.25) is 0 Å². The van der Waals surface area contributed by atoms with Crippen LogP contribution in [-0.4, -0.2) is 38.5 Å². The lowest BCUT2D eigenvalue weighted by molar-refractivity contribution is 0.244. The van der Waals surface area contributed by atoms with E-state index in [9.17, 15) is 25.3 Å². The van der Waals surface area contributed by atoms with Gasteiger partial charge in [0, 0.05) is 0 Å². The number of rotatable bonds is 28. The molecule has 13 heteroatoms. The Balaban J connectivity index is 3.97. The molecule has 0 fully saturated rings. The number of hydrogen-bond acceptors (Lipinski definition) is 10. The number of hydrogen-bond donors (Lipinski definition) is 0. The molecule has 224 valence electrons. The minimum absolute atomic E-state index is 0.281. The zero-order valence-electron chi connectivity index (χ0n) is 22.9. The minimum atomic E-state index is -5.45. The molecule has 0 amide bonds. The van der Waals surface area contributed by atoms with Crippen LogP contribution < -0.4 is 0 Å². The minimum Gasteiger partial charge on any atom is -0.247 e. The first kappa shape index (κ1) is 36.7. The van der Waals surface area contributed by atoms with Crippen molar-refractivity contribution in [3.8, 4) is 0 Å². The molecule has 0 radical (unpaired) electrons. The first-order chi connectivity index (χ1) is 17.5. The predicted octanol–water partition coefficient (Wildman–Crippen LogP) is 6.63. The van der Waals surface area contributed by atoms with Gasteiger partial charge in [0.2, 0.25) is 0 Å². The molecule has 0 aliphatic rings. The first-order valence-electron chi connectivity index (χ1n) is 14.0. The monoisotopic (exact) mass is 594 g/mol. The Morgan fingerprint density at radius 3 is 0.865 bits per heavy atom. The Bertz CT molecular complexity index is 776. The van der Waals surface area contributed by atoms with Gasteiger partial charge in [0.15, 0.2) is 0 Å². The van der Waals surface area contributed by atoms with Crippen molar-refractivity contribution >= 4 is 31.2 Å². The Kier molecular flexibility index (Phi) is 22.3. The summed E-state index contributed by atoms with van der Waals surface area (Å²) in [5, 5.41) is 0. The lowest BCUT2D eigenvalue weighted by Gasteiger charge is -2.07. The van der Waals surface area contributed by atoms with E-state index in [1.54, 1.807) is 0 Å². The largest absolute Gasteiger partial charge is 0.432 e. The van der Waals surface area contributed by atoms with Gasteiger partial charge in [-0.05, 0) is 12.8 Å². The molecule has 0 aliphatic heterocycles. The zero-order valence-corrected chi connectivity index (χ0v) is 25.3. The molecule has 0 aromatic heterocycles. The van der Waals surface area contributed by atoms with E-state index in [1.165, 1.54) is 64.2 Å². The lowest BCUT2D eigenvalue weighted by Crippen LogP contribution is -2.23. The van der Waals surface area contributed by atoms with Crippen molar-refractivity contribution in [3.05, 3.63) is 0 Å². The Hall–Kier alpha value is -0.310. The van der Waals surface area contributed by atoms with E-state index in [2.05, 4.69) is 29.5 Å². The van der Waals surface area contributed by atoms with Crippen molar-refractivity contribution in [1.82, 2.24) is 0 Å². The Labute approximate surface area is 227 Å².